The fraction of sp³-hybridized carbons (Fsp3) is 0.188. The summed E-state index contributed by atoms with van der Waals surface area (Å²) in [7, 11) is -0.589. The topological polar surface area (TPSA) is 70.4 Å². The summed E-state index contributed by atoms with van der Waals surface area (Å²) in [5, 5.41) is 8.99. The standard InChI is InChI=1S/C16H15FN2O3S/c1-19(2)23(20,21)16-7-5-15(6-8-16)22-11-13-9-14(17)4-3-12(13)10-18/h3-9H,11H2,1-2H3. The van der Waals surface area contributed by atoms with Crippen LogP contribution >= 0.6 is 0 Å². The molecule has 0 aromatic heterocycles. The minimum absolute atomic E-state index is 0.0143. The molecule has 0 saturated heterocycles. The lowest BCUT2D eigenvalue weighted by molar-refractivity contribution is 0.305. The maximum Gasteiger partial charge on any atom is 0.242 e. The number of sulfonamides is 1. The van der Waals surface area contributed by atoms with E-state index in [-0.39, 0.29) is 11.5 Å². The molecule has 7 heteroatoms. The first-order valence-corrected chi connectivity index (χ1v) is 8.12. The van der Waals surface area contributed by atoms with E-state index in [1.807, 2.05) is 6.07 Å². The van der Waals surface area contributed by atoms with Crippen molar-refractivity contribution in [1.29, 1.82) is 5.26 Å². The van der Waals surface area contributed by atoms with E-state index in [1.54, 1.807) is 0 Å². The molecule has 0 spiro atoms. The van der Waals surface area contributed by atoms with E-state index in [0.29, 0.717) is 16.9 Å². The number of benzene rings is 2. The van der Waals surface area contributed by atoms with E-state index >= 15 is 0 Å². The molecular formula is C16H15FN2O3S. The van der Waals surface area contributed by atoms with Crippen LogP contribution in [0.5, 0.6) is 5.75 Å². The van der Waals surface area contributed by atoms with Crippen molar-refractivity contribution in [2.24, 2.45) is 0 Å². The Hall–Kier alpha value is -2.43. The molecule has 0 bridgehead atoms. The van der Waals surface area contributed by atoms with Crippen LogP contribution in [0.1, 0.15) is 11.1 Å². The number of hydrogen-bond acceptors (Lipinski definition) is 4. The summed E-state index contributed by atoms with van der Waals surface area (Å²) >= 11 is 0. The molecule has 0 radical (unpaired) electrons. The minimum atomic E-state index is -3.49. The van der Waals surface area contributed by atoms with Crippen LogP contribution in [0.25, 0.3) is 0 Å². The first-order chi connectivity index (χ1) is 10.8. The molecule has 0 atom stereocenters. The summed E-state index contributed by atoms with van der Waals surface area (Å²) in [5.74, 6) is -0.0223. The summed E-state index contributed by atoms with van der Waals surface area (Å²) in [6.45, 7) is 0.0143. The monoisotopic (exact) mass is 334 g/mol. The second-order valence-electron chi connectivity index (χ2n) is 4.96. The zero-order valence-electron chi connectivity index (χ0n) is 12.7. The molecule has 0 fully saturated rings. The Bertz CT molecular complexity index is 841. The Kier molecular flexibility index (Phi) is 4.98. The first kappa shape index (κ1) is 16.9. The van der Waals surface area contributed by atoms with Crippen LogP contribution in [0.4, 0.5) is 4.39 Å². The number of nitriles is 1. The molecule has 0 amide bonds. The molecule has 120 valence electrons. The maximum absolute atomic E-state index is 13.2. The van der Waals surface area contributed by atoms with Gasteiger partial charge >= 0.3 is 0 Å². The predicted octanol–water partition coefficient (Wildman–Crippen LogP) is 2.53. The fourth-order valence-corrected chi connectivity index (χ4v) is 2.77. The summed E-state index contributed by atoms with van der Waals surface area (Å²) in [6, 6.07) is 11.7. The number of nitrogens with zero attached hydrogens (tertiary/aromatic N) is 2. The molecule has 0 aliphatic heterocycles. The van der Waals surface area contributed by atoms with Crippen molar-refractivity contribution in [3.05, 3.63) is 59.4 Å². The van der Waals surface area contributed by atoms with E-state index in [0.717, 1.165) is 4.31 Å². The Balaban J connectivity index is 2.14. The molecule has 2 rings (SSSR count). The SMILES string of the molecule is CN(C)S(=O)(=O)c1ccc(OCc2cc(F)ccc2C#N)cc1. The van der Waals surface area contributed by atoms with Crippen LogP contribution in [0, 0.1) is 17.1 Å². The molecule has 0 N–H and O–H groups in total. The number of rotatable bonds is 5. The first-order valence-electron chi connectivity index (χ1n) is 6.68. The van der Waals surface area contributed by atoms with Crippen molar-refractivity contribution < 1.29 is 17.5 Å². The van der Waals surface area contributed by atoms with Crippen molar-refractivity contribution in [1.82, 2.24) is 4.31 Å². The average Bonchev–Trinajstić information content (AvgIpc) is 2.53. The number of ether oxygens (including phenoxy) is 1. The molecular weight excluding hydrogens is 319 g/mol. The zero-order valence-corrected chi connectivity index (χ0v) is 13.5. The minimum Gasteiger partial charge on any atom is -0.489 e. The van der Waals surface area contributed by atoms with Gasteiger partial charge in [0.2, 0.25) is 10.0 Å². The van der Waals surface area contributed by atoms with Gasteiger partial charge in [-0.3, -0.25) is 0 Å². The molecule has 0 saturated carbocycles. The highest BCUT2D eigenvalue weighted by Gasteiger charge is 2.16. The van der Waals surface area contributed by atoms with Gasteiger partial charge in [0.25, 0.3) is 0 Å². The van der Waals surface area contributed by atoms with Crippen LogP contribution < -0.4 is 4.74 Å². The van der Waals surface area contributed by atoms with Crippen molar-refractivity contribution in [3.8, 4) is 11.8 Å². The fourth-order valence-electron chi connectivity index (χ4n) is 1.87. The van der Waals surface area contributed by atoms with Crippen LogP contribution in [-0.2, 0) is 16.6 Å². The highest BCUT2D eigenvalue weighted by molar-refractivity contribution is 7.89. The van der Waals surface area contributed by atoms with Crippen LogP contribution in [0.2, 0.25) is 0 Å². The van der Waals surface area contributed by atoms with E-state index in [2.05, 4.69) is 0 Å². The highest BCUT2D eigenvalue weighted by Crippen LogP contribution is 2.20. The lowest BCUT2D eigenvalue weighted by Gasteiger charge is -2.12. The highest BCUT2D eigenvalue weighted by atomic mass is 32.2. The molecule has 2 aromatic rings. The Labute approximate surface area is 134 Å². The Morgan fingerprint density at radius 3 is 2.39 bits per heavy atom. The van der Waals surface area contributed by atoms with Gasteiger partial charge in [0, 0.05) is 19.7 Å². The predicted molar refractivity (Wildman–Crippen MR) is 82.8 cm³/mol. The number of halogens is 1. The van der Waals surface area contributed by atoms with E-state index in [4.69, 9.17) is 10.00 Å². The number of hydrogen-bond donors (Lipinski definition) is 0. The van der Waals surface area contributed by atoms with Crippen LogP contribution in [0.15, 0.2) is 47.4 Å². The van der Waals surface area contributed by atoms with Gasteiger partial charge in [-0.25, -0.2) is 17.1 Å². The van der Waals surface area contributed by atoms with E-state index in [9.17, 15) is 12.8 Å². The van der Waals surface area contributed by atoms with E-state index in [1.165, 1.54) is 56.6 Å². The summed E-state index contributed by atoms with van der Waals surface area (Å²) in [4.78, 5) is 0.151. The van der Waals surface area contributed by atoms with Crippen molar-refractivity contribution >= 4 is 10.0 Å². The Morgan fingerprint density at radius 2 is 1.83 bits per heavy atom. The average molecular weight is 334 g/mol. The lowest BCUT2D eigenvalue weighted by Crippen LogP contribution is -2.22. The van der Waals surface area contributed by atoms with Gasteiger partial charge in [0.05, 0.1) is 16.5 Å². The van der Waals surface area contributed by atoms with Gasteiger partial charge in [-0.1, -0.05) is 0 Å². The molecule has 0 aliphatic rings. The zero-order chi connectivity index (χ0) is 17.0. The van der Waals surface area contributed by atoms with Gasteiger partial charge < -0.3 is 4.74 Å². The molecule has 23 heavy (non-hydrogen) atoms. The quantitative estimate of drug-likeness (QED) is 0.842. The van der Waals surface area contributed by atoms with Crippen LogP contribution in [-0.4, -0.2) is 26.8 Å². The summed E-state index contributed by atoms with van der Waals surface area (Å²) in [5.41, 5.74) is 0.760. The van der Waals surface area contributed by atoms with Crippen LogP contribution in [0.3, 0.4) is 0 Å². The van der Waals surface area contributed by atoms with Gasteiger partial charge in [-0.05, 0) is 42.5 Å². The summed E-state index contributed by atoms with van der Waals surface area (Å²) < 4.78 is 43.7. The van der Waals surface area contributed by atoms with Crippen molar-refractivity contribution in [2.45, 2.75) is 11.5 Å². The third-order valence-electron chi connectivity index (χ3n) is 3.18. The lowest BCUT2D eigenvalue weighted by atomic mass is 10.1. The normalized spacial score (nSPS) is 11.3. The molecule has 2 aromatic carbocycles. The molecule has 5 nitrogen and oxygen atoms in total. The van der Waals surface area contributed by atoms with Gasteiger partial charge in [-0.2, -0.15) is 5.26 Å². The largest absolute Gasteiger partial charge is 0.489 e. The van der Waals surface area contributed by atoms with Gasteiger partial charge in [0.15, 0.2) is 0 Å². The van der Waals surface area contributed by atoms with Gasteiger partial charge in [0.1, 0.15) is 18.2 Å². The second-order valence-corrected chi connectivity index (χ2v) is 7.11. The third-order valence-corrected chi connectivity index (χ3v) is 5.01. The van der Waals surface area contributed by atoms with E-state index < -0.39 is 15.8 Å². The third kappa shape index (κ3) is 3.86. The molecule has 0 unspecified atom stereocenters. The van der Waals surface area contributed by atoms with Gasteiger partial charge in [-0.15, -0.1) is 0 Å². The van der Waals surface area contributed by atoms with Crippen molar-refractivity contribution in [3.63, 3.8) is 0 Å². The summed E-state index contributed by atoms with van der Waals surface area (Å²) in [6.07, 6.45) is 0. The van der Waals surface area contributed by atoms with Crippen molar-refractivity contribution in [2.75, 3.05) is 14.1 Å². The molecule has 0 heterocycles. The smallest absolute Gasteiger partial charge is 0.242 e. The second kappa shape index (κ2) is 6.77. The molecule has 0 aliphatic carbocycles. The maximum atomic E-state index is 13.2. The Morgan fingerprint density at radius 1 is 1.17 bits per heavy atom.